The number of hydrogen-bond donors (Lipinski definition) is 0. The minimum absolute atomic E-state index is 0.173. The second-order valence-electron chi connectivity index (χ2n) is 6.42. The van der Waals surface area contributed by atoms with Gasteiger partial charge in [-0.2, -0.15) is 0 Å². The van der Waals surface area contributed by atoms with Crippen molar-refractivity contribution in [2.24, 2.45) is 0 Å². The van der Waals surface area contributed by atoms with Crippen LogP contribution in [-0.2, 0) is 0 Å². The number of hydrogen-bond acceptors (Lipinski definition) is 3. The summed E-state index contributed by atoms with van der Waals surface area (Å²) >= 11 is 0. The van der Waals surface area contributed by atoms with Gasteiger partial charge in [0, 0.05) is 16.5 Å². The smallest absolute Gasteiger partial charge is 0.166 e. The van der Waals surface area contributed by atoms with Gasteiger partial charge in [0.05, 0.1) is 24.6 Å². The Morgan fingerprint density at radius 3 is 2.40 bits per heavy atom. The molecule has 0 aliphatic rings. The molecule has 0 aliphatic heterocycles. The highest BCUT2D eigenvalue weighted by molar-refractivity contribution is 5.84. The Morgan fingerprint density at radius 2 is 1.67 bits per heavy atom. The number of fused-ring (bicyclic) bond motifs is 1. The monoisotopic (exact) mass is 404 g/mol. The van der Waals surface area contributed by atoms with Crippen LogP contribution in [0.3, 0.4) is 0 Å². The molecule has 3 nitrogen and oxygen atoms in total. The Bertz CT molecular complexity index is 1290. The van der Waals surface area contributed by atoms with Crippen molar-refractivity contribution in [2.45, 2.75) is 6.92 Å². The van der Waals surface area contributed by atoms with Gasteiger partial charge in [-0.1, -0.05) is 24.0 Å². The maximum atomic E-state index is 14.5. The largest absolute Gasteiger partial charge is 0.491 e. The number of rotatable bonds is 3. The van der Waals surface area contributed by atoms with Crippen molar-refractivity contribution in [1.82, 2.24) is 9.97 Å². The van der Waals surface area contributed by atoms with Crippen molar-refractivity contribution in [1.29, 1.82) is 0 Å². The van der Waals surface area contributed by atoms with Crippen molar-refractivity contribution in [3.8, 4) is 29.0 Å². The molecule has 0 saturated heterocycles. The lowest BCUT2D eigenvalue weighted by Gasteiger charge is -2.04. The number of benzene rings is 3. The highest BCUT2D eigenvalue weighted by Gasteiger charge is 2.08. The minimum Gasteiger partial charge on any atom is -0.491 e. The van der Waals surface area contributed by atoms with Gasteiger partial charge in [-0.3, -0.25) is 0 Å². The normalized spacial score (nSPS) is 10.5. The van der Waals surface area contributed by atoms with Crippen molar-refractivity contribution in [3.63, 3.8) is 0 Å². The Kier molecular flexibility index (Phi) is 5.36. The fourth-order valence-electron chi connectivity index (χ4n) is 2.94. The van der Waals surface area contributed by atoms with Crippen LogP contribution in [0.4, 0.5) is 13.2 Å². The highest BCUT2D eigenvalue weighted by atomic mass is 19.2. The molecule has 0 aliphatic carbocycles. The van der Waals surface area contributed by atoms with E-state index >= 15 is 0 Å². The fraction of sp³-hybridized carbons (Fsp3) is 0.0833. The third kappa shape index (κ3) is 3.96. The molecule has 0 amide bonds. The van der Waals surface area contributed by atoms with E-state index in [0.717, 1.165) is 6.07 Å². The molecule has 0 saturated carbocycles. The Labute approximate surface area is 171 Å². The zero-order valence-corrected chi connectivity index (χ0v) is 15.9. The van der Waals surface area contributed by atoms with E-state index < -0.39 is 17.5 Å². The molecule has 0 radical (unpaired) electrons. The molecule has 0 spiro atoms. The van der Waals surface area contributed by atoms with Crippen LogP contribution in [0, 0.1) is 29.3 Å². The van der Waals surface area contributed by atoms with Gasteiger partial charge in [0.25, 0.3) is 0 Å². The van der Waals surface area contributed by atoms with Crippen LogP contribution in [0.15, 0.2) is 60.9 Å². The lowest BCUT2D eigenvalue weighted by molar-refractivity contribution is 0.337. The summed E-state index contributed by atoms with van der Waals surface area (Å²) in [5.41, 5.74) is 1.28. The first-order chi connectivity index (χ1) is 14.5. The van der Waals surface area contributed by atoms with Crippen LogP contribution in [0.2, 0.25) is 0 Å². The zero-order valence-electron chi connectivity index (χ0n) is 15.9. The molecule has 0 bridgehead atoms. The quantitative estimate of drug-likeness (QED) is 0.422. The van der Waals surface area contributed by atoms with Gasteiger partial charge < -0.3 is 4.74 Å². The van der Waals surface area contributed by atoms with Crippen molar-refractivity contribution >= 4 is 10.8 Å². The molecule has 4 aromatic rings. The van der Waals surface area contributed by atoms with Crippen LogP contribution in [0.25, 0.3) is 22.2 Å². The molecule has 1 aromatic heterocycles. The van der Waals surface area contributed by atoms with Gasteiger partial charge in [-0.05, 0) is 48.7 Å². The molecule has 4 rings (SSSR count). The predicted molar refractivity (Wildman–Crippen MR) is 108 cm³/mol. The second-order valence-corrected chi connectivity index (χ2v) is 6.42. The minimum atomic E-state index is -0.903. The van der Waals surface area contributed by atoms with E-state index in [-0.39, 0.29) is 10.9 Å². The highest BCUT2D eigenvalue weighted by Crippen LogP contribution is 2.22. The molecule has 148 valence electrons. The first-order valence-electron chi connectivity index (χ1n) is 9.19. The van der Waals surface area contributed by atoms with Gasteiger partial charge in [-0.15, -0.1) is 0 Å². The predicted octanol–water partition coefficient (Wildman–Crippen LogP) is 5.51. The summed E-state index contributed by atoms with van der Waals surface area (Å²) in [6, 6.07) is 11.7. The van der Waals surface area contributed by atoms with Crippen LogP contribution in [-0.4, -0.2) is 16.6 Å². The van der Waals surface area contributed by atoms with Crippen LogP contribution in [0.5, 0.6) is 5.75 Å². The molecule has 0 unspecified atom stereocenters. The summed E-state index contributed by atoms with van der Waals surface area (Å²) in [6.45, 7) is 2.37. The number of nitrogens with zero attached hydrogens (tertiary/aromatic N) is 2. The summed E-state index contributed by atoms with van der Waals surface area (Å²) in [5.74, 6) is 4.24. The van der Waals surface area contributed by atoms with Gasteiger partial charge in [0.1, 0.15) is 5.82 Å². The van der Waals surface area contributed by atoms with Gasteiger partial charge in [0.2, 0.25) is 0 Å². The third-order valence-corrected chi connectivity index (χ3v) is 4.41. The fourth-order valence-corrected chi connectivity index (χ4v) is 2.94. The first-order valence-corrected chi connectivity index (χ1v) is 9.19. The van der Waals surface area contributed by atoms with Crippen molar-refractivity contribution in [2.75, 3.05) is 6.61 Å². The summed E-state index contributed by atoms with van der Waals surface area (Å²) in [6.07, 6.45) is 3.07. The third-order valence-electron chi connectivity index (χ3n) is 4.41. The lowest BCUT2D eigenvalue weighted by atomic mass is 10.1. The van der Waals surface area contributed by atoms with Crippen LogP contribution >= 0.6 is 0 Å². The molecule has 0 atom stereocenters. The Morgan fingerprint density at radius 1 is 0.867 bits per heavy atom. The maximum Gasteiger partial charge on any atom is 0.166 e. The number of halogens is 3. The Hall–Kier alpha value is -3.85. The van der Waals surface area contributed by atoms with Gasteiger partial charge in [-0.25, -0.2) is 23.1 Å². The van der Waals surface area contributed by atoms with E-state index in [4.69, 9.17) is 4.74 Å². The van der Waals surface area contributed by atoms with E-state index in [9.17, 15) is 13.2 Å². The first kappa shape index (κ1) is 19.5. The van der Waals surface area contributed by atoms with Crippen molar-refractivity contribution in [3.05, 3.63) is 89.5 Å². The molecule has 1 heterocycles. The molecule has 3 aromatic carbocycles. The molecular weight excluding hydrogens is 389 g/mol. The van der Waals surface area contributed by atoms with E-state index in [1.807, 2.05) is 6.92 Å². The average Bonchev–Trinajstić information content (AvgIpc) is 2.76. The van der Waals surface area contributed by atoms with Gasteiger partial charge in [0.15, 0.2) is 23.2 Å². The molecular formula is C24H15F3N2O. The molecule has 0 N–H and O–H groups in total. The van der Waals surface area contributed by atoms with Crippen LogP contribution in [0.1, 0.15) is 18.1 Å². The van der Waals surface area contributed by atoms with E-state index in [1.165, 1.54) is 30.6 Å². The molecule has 0 fully saturated rings. The summed E-state index contributed by atoms with van der Waals surface area (Å²) < 4.78 is 46.9. The second kappa shape index (κ2) is 8.26. The summed E-state index contributed by atoms with van der Waals surface area (Å²) in [7, 11) is 0. The molecule has 30 heavy (non-hydrogen) atoms. The summed E-state index contributed by atoms with van der Waals surface area (Å²) in [5, 5.41) is 0.690. The number of ether oxygens (including phenoxy) is 1. The number of aromatic nitrogens is 2. The van der Waals surface area contributed by atoms with E-state index in [2.05, 4.69) is 21.8 Å². The Balaban J connectivity index is 1.60. The van der Waals surface area contributed by atoms with Crippen LogP contribution < -0.4 is 4.74 Å². The SMILES string of the molecule is CCOc1cnc(-c2ccc(C#Cc3ccc4c(F)c(F)ccc4c3)c(F)c2)nc1. The zero-order chi connectivity index (χ0) is 21.1. The summed E-state index contributed by atoms with van der Waals surface area (Å²) in [4.78, 5) is 8.36. The average molecular weight is 404 g/mol. The topological polar surface area (TPSA) is 35.0 Å². The lowest BCUT2D eigenvalue weighted by Crippen LogP contribution is -1.95. The van der Waals surface area contributed by atoms with Gasteiger partial charge >= 0.3 is 0 Å². The van der Waals surface area contributed by atoms with Crippen molar-refractivity contribution < 1.29 is 17.9 Å². The standard InChI is InChI=1S/C24H15F3N2O/c1-2-30-19-13-28-24(29-14-19)18-7-6-16(22(26)12-18)5-3-15-4-9-20-17(11-15)8-10-21(25)23(20)27/h4,6-14H,2H2,1H3. The van der Waals surface area contributed by atoms with E-state index in [0.29, 0.717) is 34.7 Å². The van der Waals surface area contributed by atoms with E-state index in [1.54, 1.807) is 24.3 Å². The molecule has 6 heteroatoms. The maximum absolute atomic E-state index is 14.5.